The molecule has 11 nitrogen and oxygen atoms in total. The summed E-state index contributed by atoms with van der Waals surface area (Å²) in [4.78, 5) is 20.5. The molecule has 3 aromatic rings. The number of ether oxygens (including phenoxy) is 2. The molecule has 12 heteroatoms. The number of fused-ring (bicyclic) bond motifs is 1. The Balaban J connectivity index is 1.69. The monoisotopic (exact) mass is 430 g/mol. The molecule has 4 heterocycles. The van der Waals surface area contributed by atoms with E-state index in [1.165, 1.54) is 7.11 Å². The van der Waals surface area contributed by atoms with E-state index in [1.807, 2.05) is 0 Å². The number of carbonyl (C=O) groups excluding carboxylic acids is 1. The van der Waals surface area contributed by atoms with Gasteiger partial charge in [0.15, 0.2) is 17.3 Å². The maximum atomic E-state index is 14.6. The van der Waals surface area contributed by atoms with Crippen molar-refractivity contribution in [2.45, 2.75) is 18.5 Å². The van der Waals surface area contributed by atoms with Gasteiger partial charge in [0, 0.05) is 25.7 Å². The van der Waals surface area contributed by atoms with Crippen molar-refractivity contribution in [1.82, 2.24) is 19.7 Å². The molecular formula is C19H23FN8O3. The number of nitrogens with one attached hydrogen (secondary N) is 2. The van der Waals surface area contributed by atoms with Gasteiger partial charge in [-0.2, -0.15) is 0 Å². The summed E-state index contributed by atoms with van der Waals surface area (Å²) in [5.74, 6) is -1.09. The Hall–Kier alpha value is -3.51. The molecule has 0 spiro atoms. The topological polar surface area (TPSA) is 155 Å². The van der Waals surface area contributed by atoms with Crippen LogP contribution in [-0.4, -0.2) is 58.1 Å². The molecule has 1 saturated heterocycles. The lowest BCUT2D eigenvalue weighted by Crippen LogP contribution is -2.47. The van der Waals surface area contributed by atoms with E-state index >= 15 is 0 Å². The van der Waals surface area contributed by atoms with Gasteiger partial charge >= 0.3 is 0 Å². The van der Waals surface area contributed by atoms with Crippen LogP contribution in [-0.2, 0) is 11.8 Å². The summed E-state index contributed by atoms with van der Waals surface area (Å²) in [5, 5.41) is 10.9. The molecule has 1 aliphatic heterocycles. The van der Waals surface area contributed by atoms with Gasteiger partial charge < -0.3 is 31.6 Å². The predicted octanol–water partition coefficient (Wildman–Crippen LogP) is 0.882. The second kappa shape index (κ2) is 8.32. The van der Waals surface area contributed by atoms with Crippen LogP contribution in [0.2, 0.25) is 0 Å². The van der Waals surface area contributed by atoms with Crippen LogP contribution in [0.25, 0.3) is 11.0 Å². The van der Waals surface area contributed by atoms with Crippen molar-refractivity contribution in [3.05, 3.63) is 29.7 Å². The van der Waals surface area contributed by atoms with Gasteiger partial charge in [0.2, 0.25) is 5.88 Å². The fourth-order valence-electron chi connectivity index (χ4n) is 3.45. The fraction of sp³-hybridized carbons (Fsp3) is 0.368. The second-order valence-corrected chi connectivity index (χ2v) is 7.21. The minimum Gasteiger partial charge on any atom is -0.479 e. The third kappa shape index (κ3) is 4.07. The molecular weight excluding hydrogens is 407 g/mol. The Morgan fingerprint density at radius 3 is 2.90 bits per heavy atom. The summed E-state index contributed by atoms with van der Waals surface area (Å²) in [6, 6.07) is 2.25. The van der Waals surface area contributed by atoms with Crippen LogP contribution < -0.4 is 26.8 Å². The largest absolute Gasteiger partial charge is 0.479 e. The summed E-state index contributed by atoms with van der Waals surface area (Å²) in [6.07, 6.45) is 2.14. The van der Waals surface area contributed by atoms with Crippen LogP contribution in [0.1, 0.15) is 16.8 Å². The number of amides is 1. The summed E-state index contributed by atoms with van der Waals surface area (Å²) in [5.41, 5.74) is 12.5. The van der Waals surface area contributed by atoms with Gasteiger partial charge in [0.05, 0.1) is 36.6 Å². The molecule has 2 atom stereocenters. The fourth-order valence-corrected chi connectivity index (χ4v) is 3.45. The SMILES string of the molecule is COc1nn(C)c2ncc(Nc3nc(N[C@@H]4CCOC[C@@H]4N)c(F)cc3C(N)=O)cc12. The highest BCUT2D eigenvalue weighted by atomic mass is 19.1. The number of nitrogens with two attached hydrogens (primary N) is 2. The number of halogens is 1. The Morgan fingerprint density at radius 2 is 2.19 bits per heavy atom. The van der Waals surface area contributed by atoms with Gasteiger partial charge in [0.1, 0.15) is 5.82 Å². The number of anilines is 3. The van der Waals surface area contributed by atoms with E-state index in [1.54, 1.807) is 24.0 Å². The first kappa shape index (κ1) is 20.8. The van der Waals surface area contributed by atoms with Gasteiger partial charge in [-0.15, -0.1) is 5.10 Å². The number of aromatic nitrogens is 4. The molecule has 3 aromatic heterocycles. The quantitative estimate of drug-likeness (QED) is 0.446. The number of primary amides is 1. The molecule has 31 heavy (non-hydrogen) atoms. The molecule has 0 bridgehead atoms. The minimum absolute atomic E-state index is 0.0390. The third-order valence-corrected chi connectivity index (χ3v) is 5.06. The summed E-state index contributed by atoms with van der Waals surface area (Å²) in [7, 11) is 3.25. The van der Waals surface area contributed by atoms with Crippen molar-refractivity contribution in [3.63, 3.8) is 0 Å². The lowest BCUT2D eigenvalue weighted by Gasteiger charge is -2.30. The maximum Gasteiger partial charge on any atom is 0.252 e. The zero-order chi connectivity index (χ0) is 22.1. The smallest absolute Gasteiger partial charge is 0.252 e. The van der Waals surface area contributed by atoms with Gasteiger partial charge in [-0.3, -0.25) is 4.79 Å². The number of aryl methyl sites for hydroxylation is 1. The molecule has 1 amide bonds. The van der Waals surface area contributed by atoms with E-state index in [9.17, 15) is 9.18 Å². The number of rotatable bonds is 6. The molecule has 0 aromatic carbocycles. The Kier molecular flexibility index (Phi) is 5.57. The number of pyridine rings is 2. The third-order valence-electron chi connectivity index (χ3n) is 5.06. The normalized spacial score (nSPS) is 18.7. The first-order chi connectivity index (χ1) is 14.9. The molecule has 0 aliphatic carbocycles. The van der Waals surface area contributed by atoms with Crippen LogP contribution in [0.5, 0.6) is 5.88 Å². The zero-order valence-corrected chi connectivity index (χ0v) is 17.1. The van der Waals surface area contributed by atoms with Crippen molar-refractivity contribution in [3.8, 4) is 5.88 Å². The van der Waals surface area contributed by atoms with Crippen molar-refractivity contribution in [2.75, 3.05) is 31.0 Å². The van der Waals surface area contributed by atoms with E-state index in [-0.39, 0.29) is 29.3 Å². The lowest BCUT2D eigenvalue weighted by molar-refractivity contribution is 0.0751. The van der Waals surface area contributed by atoms with Gasteiger partial charge in [-0.1, -0.05) is 0 Å². The molecule has 1 aliphatic rings. The van der Waals surface area contributed by atoms with Gasteiger partial charge in [-0.05, 0) is 18.6 Å². The number of carbonyl (C=O) groups is 1. The van der Waals surface area contributed by atoms with Crippen LogP contribution >= 0.6 is 0 Å². The van der Waals surface area contributed by atoms with Crippen LogP contribution in [0.4, 0.5) is 21.7 Å². The summed E-state index contributed by atoms with van der Waals surface area (Å²) in [6.45, 7) is 0.873. The molecule has 164 valence electrons. The van der Waals surface area contributed by atoms with Crippen molar-refractivity contribution >= 4 is 34.3 Å². The number of hydrogen-bond acceptors (Lipinski definition) is 9. The predicted molar refractivity (Wildman–Crippen MR) is 112 cm³/mol. The Labute approximate surface area is 176 Å². The molecule has 0 saturated carbocycles. The molecule has 6 N–H and O–H groups in total. The Morgan fingerprint density at radius 1 is 1.39 bits per heavy atom. The van der Waals surface area contributed by atoms with Crippen molar-refractivity contribution in [1.29, 1.82) is 0 Å². The van der Waals surface area contributed by atoms with Crippen LogP contribution in [0, 0.1) is 5.82 Å². The van der Waals surface area contributed by atoms with E-state index in [0.29, 0.717) is 42.2 Å². The zero-order valence-electron chi connectivity index (χ0n) is 17.1. The standard InChI is InChI=1S/C19H23FN8O3/c1-28-18-11(19(27-28)30-2)5-9(7-23-18)24-16-10(15(22)29)6-12(20)17(26-16)25-14-3-4-31-8-13(14)21/h5-7,13-14H,3-4,8,21H2,1-2H3,(H2,22,29)(H2,24,25,26)/t13-,14+/m0/s1. The van der Waals surface area contributed by atoms with Crippen molar-refractivity contribution in [2.24, 2.45) is 18.5 Å². The molecule has 0 unspecified atom stereocenters. The number of nitrogens with zero attached hydrogens (tertiary/aromatic N) is 4. The van der Waals surface area contributed by atoms with E-state index in [2.05, 4.69) is 25.7 Å². The van der Waals surface area contributed by atoms with Crippen molar-refractivity contribution < 1.29 is 18.7 Å². The second-order valence-electron chi connectivity index (χ2n) is 7.21. The maximum absolute atomic E-state index is 14.6. The molecule has 0 radical (unpaired) electrons. The highest BCUT2D eigenvalue weighted by Crippen LogP contribution is 2.29. The molecule has 1 fully saturated rings. The lowest BCUT2D eigenvalue weighted by atomic mass is 10.0. The number of methoxy groups -OCH3 is 1. The Bertz CT molecular complexity index is 1140. The summed E-state index contributed by atoms with van der Waals surface area (Å²) < 4.78 is 26.8. The highest BCUT2D eigenvalue weighted by molar-refractivity contribution is 5.99. The molecule has 4 rings (SSSR count). The highest BCUT2D eigenvalue weighted by Gasteiger charge is 2.25. The van der Waals surface area contributed by atoms with E-state index in [4.69, 9.17) is 20.9 Å². The van der Waals surface area contributed by atoms with E-state index in [0.717, 1.165) is 6.07 Å². The average molecular weight is 430 g/mol. The van der Waals surface area contributed by atoms with Crippen LogP contribution in [0.15, 0.2) is 18.3 Å². The number of hydrogen-bond donors (Lipinski definition) is 4. The first-order valence-corrected chi connectivity index (χ1v) is 9.61. The average Bonchev–Trinajstić information content (AvgIpc) is 3.06. The van der Waals surface area contributed by atoms with Gasteiger partial charge in [-0.25, -0.2) is 19.0 Å². The first-order valence-electron chi connectivity index (χ1n) is 9.61. The summed E-state index contributed by atoms with van der Waals surface area (Å²) >= 11 is 0. The van der Waals surface area contributed by atoms with Gasteiger partial charge in [0.25, 0.3) is 5.91 Å². The van der Waals surface area contributed by atoms with Crippen LogP contribution in [0.3, 0.4) is 0 Å². The minimum atomic E-state index is -0.823. The van der Waals surface area contributed by atoms with E-state index < -0.39 is 11.7 Å².